The number of rotatable bonds is 5. The van der Waals surface area contributed by atoms with Gasteiger partial charge < -0.3 is 5.32 Å². The average molecular weight is 251 g/mol. The van der Waals surface area contributed by atoms with Crippen molar-refractivity contribution in [1.82, 2.24) is 10.2 Å². The first-order valence-corrected chi connectivity index (χ1v) is 6.97. The van der Waals surface area contributed by atoms with Gasteiger partial charge >= 0.3 is 0 Å². The highest BCUT2D eigenvalue weighted by molar-refractivity contribution is 7.97. The fraction of sp³-hybridized carbons (Fsp3) is 0.273. The van der Waals surface area contributed by atoms with E-state index in [1.807, 2.05) is 24.9 Å². The van der Waals surface area contributed by atoms with E-state index in [1.54, 1.807) is 11.3 Å². The smallest absolute Gasteiger partial charge is 0.205 e. The normalized spacial score (nSPS) is 10.3. The third kappa shape index (κ3) is 3.21. The number of nitrogens with zero attached hydrogens (tertiary/aromatic N) is 2. The molecule has 0 saturated heterocycles. The lowest BCUT2D eigenvalue weighted by molar-refractivity contribution is 1.04. The van der Waals surface area contributed by atoms with Gasteiger partial charge in [0.15, 0.2) is 0 Å². The molecule has 1 heterocycles. The van der Waals surface area contributed by atoms with Gasteiger partial charge in [-0.3, -0.25) is 0 Å². The Balaban J connectivity index is 1.80. The zero-order valence-electron chi connectivity index (χ0n) is 9.01. The third-order valence-corrected chi connectivity index (χ3v) is 4.16. The predicted molar refractivity (Wildman–Crippen MR) is 70.9 cm³/mol. The van der Waals surface area contributed by atoms with Crippen molar-refractivity contribution in [2.24, 2.45) is 0 Å². The van der Waals surface area contributed by atoms with Gasteiger partial charge in [-0.2, -0.15) is 0 Å². The van der Waals surface area contributed by atoms with E-state index in [1.165, 1.54) is 5.56 Å². The summed E-state index contributed by atoms with van der Waals surface area (Å²) in [7, 11) is 1.86. The zero-order chi connectivity index (χ0) is 11.2. The van der Waals surface area contributed by atoms with E-state index >= 15 is 0 Å². The highest BCUT2D eigenvalue weighted by Gasteiger charge is 2.02. The molecule has 2 aromatic rings. The molecule has 0 saturated carbocycles. The standard InChI is InChI=1S/C11H13N3S2/c1-12-11-14-13-10(16-11)8-15-7-9-5-3-2-4-6-9/h2-6H,7-8H2,1H3,(H,12,14). The Morgan fingerprint density at radius 2 is 2.00 bits per heavy atom. The van der Waals surface area contributed by atoms with E-state index in [4.69, 9.17) is 0 Å². The molecule has 0 fully saturated rings. The lowest BCUT2D eigenvalue weighted by atomic mass is 10.2. The van der Waals surface area contributed by atoms with Gasteiger partial charge in [0.25, 0.3) is 0 Å². The number of anilines is 1. The molecule has 1 aromatic carbocycles. The molecule has 1 aromatic heterocycles. The highest BCUT2D eigenvalue weighted by Crippen LogP contribution is 2.22. The first-order valence-electron chi connectivity index (χ1n) is 5.00. The van der Waals surface area contributed by atoms with E-state index in [0.717, 1.165) is 21.6 Å². The van der Waals surface area contributed by atoms with Crippen molar-refractivity contribution in [3.05, 3.63) is 40.9 Å². The summed E-state index contributed by atoms with van der Waals surface area (Å²) in [4.78, 5) is 0. The van der Waals surface area contributed by atoms with E-state index in [2.05, 4.69) is 39.8 Å². The van der Waals surface area contributed by atoms with Crippen molar-refractivity contribution < 1.29 is 0 Å². The molecular formula is C11H13N3S2. The van der Waals surface area contributed by atoms with E-state index in [9.17, 15) is 0 Å². The topological polar surface area (TPSA) is 37.8 Å². The average Bonchev–Trinajstić information content (AvgIpc) is 2.78. The molecule has 0 atom stereocenters. The molecule has 1 N–H and O–H groups in total. The zero-order valence-corrected chi connectivity index (χ0v) is 10.6. The third-order valence-electron chi connectivity index (χ3n) is 2.02. The number of nitrogens with one attached hydrogen (secondary N) is 1. The Labute approximate surface area is 103 Å². The van der Waals surface area contributed by atoms with Crippen LogP contribution in [0, 0.1) is 0 Å². The summed E-state index contributed by atoms with van der Waals surface area (Å²) in [5.74, 6) is 1.95. The Hall–Kier alpha value is -1.07. The van der Waals surface area contributed by atoms with Gasteiger partial charge in [-0.15, -0.1) is 22.0 Å². The monoisotopic (exact) mass is 251 g/mol. The maximum atomic E-state index is 4.10. The summed E-state index contributed by atoms with van der Waals surface area (Å²) >= 11 is 3.48. The molecule has 16 heavy (non-hydrogen) atoms. The van der Waals surface area contributed by atoms with Crippen LogP contribution in [0.25, 0.3) is 0 Å². The predicted octanol–water partition coefficient (Wildman–Crippen LogP) is 3.01. The molecule has 5 heteroatoms. The summed E-state index contributed by atoms with van der Waals surface area (Å²) in [5, 5.41) is 13.1. The summed E-state index contributed by atoms with van der Waals surface area (Å²) in [6.07, 6.45) is 0. The van der Waals surface area contributed by atoms with Crippen LogP contribution in [0.3, 0.4) is 0 Å². The number of benzene rings is 1. The van der Waals surface area contributed by atoms with Crippen LogP contribution in [-0.4, -0.2) is 17.2 Å². The number of thioether (sulfide) groups is 1. The van der Waals surface area contributed by atoms with Crippen molar-refractivity contribution >= 4 is 28.2 Å². The first-order chi connectivity index (χ1) is 7.88. The van der Waals surface area contributed by atoms with Gasteiger partial charge in [0.1, 0.15) is 5.01 Å². The van der Waals surface area contributed by atoms with E-state index in [0.29, 0.717) is 0 Å². The summed E-state index contributed by atoms with van der Waals surface area (Å²) in [6.45, 7) is 0. The van der Waals surface area contributed by atoms with Gasteiger partial charge in [-0.25, -0.2) is 0 Å². The minimum Gasteiger partial charge on any atom is -0.363 e. The first kappa shape index (κ1) is 11.4. The van der Waals surface area contributed by atoms with Crippen LogP contribution >= 0.6 is 23.1 Å². The SMILES string of the molecule is CNc1nnc(CSCc2ccccc2)s1. The Morgan fingerprint density at radius 1 is 1.19 bits per heavy atom. The van der Waals surface area contributed by atoms with Crippen molar-refractivity contribution in [2.75, 3.05) is 12.4 Å². The largest absolute Gasteiger partial charge is 0.363 e. The minimum absolute atomic E-state index is 0.885. The van der Waals surface area contributed by atoms with Crippen molar-refractivity contribution in [3.63, 3.8) is 0 Å². The minimum atomic E-state index is 0.885. The molecule has 0 radical (unpaired) electrons. The lowest BCUT2D eigenvalue weighted by Crippen LogP contribution is -1.84. The molecule has 0 bridgehead atoms. The van der Waals surface area contributed by atoms with Crippen LogP contribution < -0.4 is 5.32 Å². The van der Waals surface area contributed by atoms with Crippen molar-refractivity contribution in [2.45, 2.75) is 11.5 Å². The molecule has 0 aliphatic heterocycles. The fourth-order valence-corrected chi connectivity index (χ4v) is 2.98. The Morgan fingerprint density at radius 3 is 2.69 bits per heavy atom. The van der Waals surface area contributed by atoms with Gasteiger partial charge in [-0.1, -0.05) is 41.7 Å². The second-order valence-electron chi connectivity index (χ2n) is 3.23. The molecule has 3 nitrogen and oxygen atoms in total. The Kier molecular flexibility index (Phi) is 4.18. The molecule has 0 aliphatic carbocycles. The van der Waals surface area contributed by atoms with Gasteiger partial charge in [-0.05, 0) is 5.56 Å². The fourth-order valence-electron chi connectivity index (χ4n) is 1.24. The van der Waals surface area contributed by atoms with E-state index < -0.39 is 0 Å². The van der Waals surface area contributed by atoms with Gasteiger partial charge in [0, 0.05) is 18.6 Å². The maximum absolute atomic E-state index is 4.10. The number of hydrogen-bond donors (Lipinski definition) is 1. The second-order valence-corrected chi connectivity index (χ2v) is 5.28. The molecule has 0 spiro atoms. The number of hydrogen-bond acceptors (Lipinski definition) is 5. The molecular weight excluding hydrogens is 238 g/mol. The summed E-state index contributed by atoms with van der Waals surface area (Å²) in [5.41, 5.74) is 1.35. The van der Waals surface area contributed by atoms with Crippen LogP contribution in [0.2, 0.25) is 0 Å². The quantitative estimate of drug-likeness (QED) is 0.886. The molecule has 0 amide bonds. The highest BCUT2D eigenvalue weighted by atomic mass is 32.2. The maximum Gasteiger partial charge on any atom is 0.205 e. The van der Waals surface area contributed by atoms with Crippen molar-refractivity contribution in [1.29, 1.82) is 0 Å². The molecule has 0 unspecified atom stereocenters. The van der Waals surface area contributed by atoms with Gasteiger partial charge in [0.05, 0.1) is 0 Å². The van der Waals surface area contributed by atoms with Crippen LogP contribution in [0.4, 0.5) is 5.13 Å². The number of aromatic nitrogens is 2. The Bertz CT molecular complexity index is 428. The lowest BCUT2D eigenvalue weighted by Gasteiger charge is -1.98. The van der Waals surface area contributed by atoms with Crippen LogP contribution in [-0.2, 0) is 11.5 Å². The van der Waals surface area contributed by atoms with Crippen LogP contribution in [0.1, 0.15) is 10.6 Å². The summed E-state index contributed by atoms with van der Waals surface area (Å²) < 4.78 is 0. The van der Waals surface area contributed by atoms with Crippen LogP contribution in [0.5, 0.6) is 0 Å². The molecule has 0 aliphatic rings. The van der Waals surface area contributed by atoms with Crippen molar-refractivity contribution in [3.8, 4) is 0 Å². The summed E-state index contributed by atoms with van der Waals surface area (Å²) in [6, 6.07) is 10.5. The molecule has 2 rings (SSSR count). The van der Waals surface area contributed by atoms with E-state index in [-0.39, 0.29) is 0 Å². The second kappa shape index (κ2) is 5.86. The molecule has 84 valence electrons. The van der Waals surface area contributed by atoms with Crippen LogP contribution in [0.15, 0.2) is 30.3 Å². The van der Waals surface area contributed by atoms with Gasteiger partial charge in [0.2, 0.25) is 5.13 Å².